The average molecular weight is 359 g/mol. The van der Waals surface area contributed by atoms with Gasteiger partial charge in [0.1, 0.15) is 0 Å². The molecule has 0 saturated carbocycles. The molecule has 0 spiro atoms. The van der Waals surface area contributed by atoms with Crippen LogP contribution in [0.5, 0.6) is 0 Å². The summed E-state index contributed by atoms with van der Waals surface area (Å²) in [6, 6.07) is 19.2. The molecule has 3 aromatic rings. The number of carbonyl (C=O) groups excluding carboxylic acids is 3. The number of nitrogens with one attached hydrogen (secondary N) is 1. The van der Waals surface area contributed by atoms with Crippen LogP contribution in [-0.4, -0.2) is 17.5 Å². The van der Waals surface area contributed by atoms with E-state index in [4.69, 9.17) is 0 Å². The van der Waals surface area contributed by atoms with Crippen LogP contribution >= 0.6 is 0 Å². The lowest BCUT2D eigenvalue weighted by atomic mass is 10.0. The number of amides is 1. The Labute approximate surface area is 157 Å². The number of anilines is 1. The Morgan fingerprint density at radius 2 is 1.44 bits per heavy atom. The number of Topliss-reactive ketones (excluding diaryl/α,β-unsaturated/α-hetero) is 1. The Morgan fingerprint density at radius 3 is 2.11 bits per heavy atom. The van der Waals surface area contributed by atoms with Crippen molar-refractivity contribution in [2.45, 2.75) is 13.5 Å². The molecule has 0 atom stereocenters. The number of carbonyl (C=O) groups is 3. The molecule has 0 radical (unpaired) electrons. The first-order valence-corrected chi connectivity index (χ1v) is 8.52. The van der Waals surface area contributed by atoms with Gasteiger partial charge in [-0.05, 0) is 19.1 Å². The molecule has 2 aromatic carbocycles. The molecule has 0 fully saturated rings. The standard InChI is InChI=1S/C22H18N2O3/c1-16(25)19-8-5-9-20(14-19)23-21(26)15-24-12-10-18(11-13-24)22(27)17-6-3-2-4-7-17/h2-14H,15H2,1H3/p+1. The third-order valence-electron chi connectivity index (χ3n) is 4.07. The number of nitrogens with zero attached hydrogens (tertiary/aromatic N) is 1. The fraction of sp³-hybridized carbons (Fsp3) is 0.0909. The van der Waals surface area contributed by atoms with Crippen LogP contribution in [0.4, 0.5) is 5.69 Å². The molecule has 1 aromatic heterocycles. The molecule has 0 saturated heterocycles. The van der Waals surface area contributed by atoms with Crippen LogP contribution < -0.4 is 9.88 Å². The number of benzene rings is 2. The number of ketones is 2. The number of rotatable bonds is 6. The summed E-state index contributed by atoms with van der Waals surface area (Å²) < 4.78 is 1.69. The summed E-state index contributed by atoms with van der Waals surface area (Å²) in [7, 11) is 0. The van der Waals surface area contributed by atoms with Crippen molar-refractivity contribution in [3.05, 3.63) is 95.8 Å². The van der Waals surface area contributed by atoms with Crippen LogP contribution in [0.2, 0.25) is 0 Å². The van der Waals surface area contributed by atoms with Gasteiger partial charge >= 0.3 is 0 Å². The fourth-order valence-corrected chi connectivity index (χ4v) is 2.65. The van der Waals surface area contributed by atoms with Crippen molar-refractivity contribution >= 4 is 23.2 Å². The van der Waals surface area contributed by atoms with E-state index in [0.29, 0.717) is 22.4 Å². The van der Waals surface area contributed by atoms with E-state index in [1.807, 2.05) is 18.2 Å². The van der Waals surface area contributed by atoms with E-state index in [0.717, 1.165) is 0 Å². The lowest BCUT2D eigenvalue weighted by Crippen LogP contribution is -2.39. The van der Waals surface area contributed by atoms with Gasteiger partial charge in [-0.25, -0.2) is 0 Å². The Balaban J connectivity index is 1.64. The summed E-state index contributed by atoms with van der Waals surface area (Å²) in [5.41, 5.74) is 2.30. The molecule has 0 aliphatic rings. The second-order valence-electron chi connectivity index (χ2n) is 6.14. The second-order valence-corrected chi connectivity index (χ2v) is 6.14. The highest BCUT2D eigenvalue weighted by molar-refractivity contribution is 6.08. The summed E-state index contributed by atoms with van der Waals surface area (Å²) in [5.74, 6) is -0.338. The number of hydrogen-bond acceptors (Lipinski definition) is 3. The Morgan fingerprint density at radius 1 is 0.815 bits per heavy atom. The van der Waals surface area contributed by atoms with Crippen LogP contribution in [0.25, 0.3) is 0 Å². The molecular formula is C22H19N2O3+. The fourth-order valence-electron chi connectivity index (χ4n) is 2.65. The predicted molar refractivity (Wildman–Crippen MR) is 102 cm³/mol. The van der Waals surface area contributed by atoms with Crippen LogP contribution in [0.15, 0.2) is 79.1 Å². The minimum Gasteiger partial charge on any atom is -0.321 e. The van der Waals surface area contributed by atoms with E-state index < -0.39 is 0 Å². The molecule has 3 rings (SSSR count). The molecule has 0 aliphatic carbocycles. The largest absolute Gasteiger partial charge is 0.321 e. The van der Waals surface area contributed by atoms with Crippen molar-refractivity contribution in [2.24, 2.45) is 0 Å². The van der Waals surface area contributed by atoms with Crippen molar-refractivity contribution in [2.75, 3.05) is 5.32 Å². The smallest absolute Gasteiger partial charge is 0.290 e. The maximum Gasteiger partial charge on any atom is 0.290 e. The monoisotopic (exact) mass is 359 g/mol. The number of pyridine rings is 1. The maximum atomic E-state index is 12.4. The van der Waals surface area contributed by atoms with Crippen LogP contribution in [0.1, 0.15) is 33.2 Å². The molecule has 1 N–H and O–H groups in total. The summed E-state index contributed by atoms with van der Waals surface area (Å²) >= 11 is 0. The summed E-state index contributed by atoms with van der Waals surface area (Å²) in [4.78, 5) is 36.0. The minimum atomic E-state index is -0.220. The first-order valence-electron chi connectivity index (χ1n) is 8.52. The molecule has 5 nitrogen and oxygen atoms in total. The SMILES string of the molecule is CC(=O)c1cccc(NC(=O)C[n+]2ccc(C(=O)c3ccccc3)cc2)c1. The molecular weight excluding hydrogens is 340 g/mol. The maximum absolute atomic E-state index is 12.4. The van der Waals surface area contributed by atoms with Gasteiger partial charge in [-0.1, -0.05) is 42.5 Å². The zero-order valence-electron chi connectivity index (χ0n) is 14.9. The van der Waals surface area contributed by atoms with E-state index in [2.05, 4.69) is 5.32 Å². The Hall–Kier alpha value is -3.60. The molecule has 0 bridgehead atoms. The molecule has 0 aliphatic heterocycles. The van der Waals surface area contributed by atoms with E-state index in [9.17, 15) is 14.4 Å². The summed E-state index contributed by atoms with van der Waals surface area (Å²) in [6.45, 7) is 1.58. The number of aromatic nitrogens is 1. The first kappa shape index (κ1) is 18.2. The highest BCUT2D eigenvalue weighted by Crippen LogP contribution is 2.11. The highest BCUT2D eigenvalue weighted by Gasteiger charge is 2.13. The van der Waals surface area contributed by atoms with E-state index in [-0.39, 0.29) is 24.0 Å². The molecule has 1 heterocycles. The lowest BCUT2D eigenvalue weighted by Gasteiger charge is -2.05. The van der Waals surface area contributed by atoms with Crippen LogP contribution in [0.3, 0.4) is 0 Å². The van der Waals surface area contributed by atoms with Crippen molar-refractivity contribution in [1.82, 2.24) is 0 Å². The van der Waals surface area contributed by atoms with Gasteiger partial charge < -0.3 is 5.32 Å². The normalized spacial score (nSPS) is 10.3. The Bertz CT molecular complexity index is 980. The van der Waals surface area contributed by atoms with Crippen molar-refractivity contribution in [3.63, 3.8) is 0 Å². The Kier molecular flexibility index (Phi) is 5.52. The third kappa shape index (κ3) is 4.73. The topological polar surface area (TPSA) is 67.1 Å². The van der Waals surface area contributed by atoms with Gasteiger partial charge in [0.25, 0.3) is 5.91 Å². The molecule has 5 heteroatoms. The first-order chi connectivity index (χ1) is 13.0. The van der Waals surface area contributed by atoms with Gasteiger partial charge in [0.2, 0.25) is 6.54 Å². The van der Waals surface area contributed by atoms with Crippen molar-refractivity contribution < 1.29 is 19.0 Å². The van der Waals surface area contributed by atoms with Gasteiger partial charge in [-0.2, -0.15) is 4.57 Å². The van der Waals surface area contributed by atoms with Gasteiger partial charge in [0.05, 0.1) is 0 Å². The molecule has 134 valence electrons. The summed E-state index contributed by atoms with van der Waals surface area (Å²) in [5, 5.41) is 2.77. The molecule has 0 unspecified atom stereocenters. The quantitative estimate of drug-likeness (QED) is 0.543. The lowest BCUT2D eigenvalue weighted by molar-refractivity contribution is -0.684. The van der Waals surface area contributed by atoms with Crippen molar-refractivity contribution in [3.8, 4) is 0 Å². The predicted octanol–water partition coefficient (Wildman–Crippen LogP) is 3.05. The molecule has 27 heavy (non-hydrogen) atoms. The van der Waals surface area contributed by atoms with E-state index in [1.165, 1.54) is 6.92 Å². The molecule has 1 amide bonds. The van der Waals surface area contributed by atoms with Crippen LogP contribution in [-0.2, 0) is 11.3 Å². The number of hydrogen-bond donors (Lipinski definition) is 1. The third-order valence-corrected chi connectivity index (χ3v) is 4.07. The zero-order chi connectivity index (χ0) is 19.2. The van der Waals surface area contributed by atoms with Crippen LogP contribution in [0, 0.1) is 0 Å². The zero-order valence-corrected chi connectivity index (χ0v) is 14.9. The summed E-state index contributed by atoms with van der Waals surface area (Å²) in [6.07, 6.45) is 3.39. The minimum absolute atomic E-state index is 0.0563. The highest BCUT2D eigenvalue weighted by atomic mass is 16.2. The van der Waals surface area contributed by atoms with Gasteiger partial charge in [-0.15, -0.1) is 0 Å². The van der Waals surface area contributed by atoms with E-state index >= 15 is 0 Å². The van der Waals surface area contributed by atoms with E-state index in [1.54, 1.807) is 65.5 Å². The second kappa shape index (κ2) is 8.19. The average Bonchev–Trinajstić information content (AvgIpc) is 2.69. The van der Waals surface area contributed by atoms with Gasteiger partial charge in [-0.3, -0.25) is 14.4 Å². The van der Waals surface area contributed by atoms with Crippen molar-refractivity contribution in [1.29, 1.82) is 0 Å². The van der Waals surface area contributed by atoms with Gasteiger partial charge in [0.15, 0.2) is 24.0 Å². The van der Waals surface area contributed by atoms with Gasteiger partial charge in [0, 0.05) is 34.5 Å².